The highest BCUT2D eigenvalue weighted by Crippen LogP contribution is 2.23. The minimum atomic E-state index is -0.281. The van der Waals surface area contributed by atoms with Crippen LogP contribution in [0.15, 0.2) is 24.3 Å². The van der Waals surface area contributed by atoms with E-state index in [1.807, 2.05) is 18.2 Å². The van der Waals surface area contributed by atoms with E-state index in [4.69, 9.17) is 4.74 Å². The fourth-order valence-electron chi connectivity index (χ4n) is 2.12. The predicted octanol–water partition coefficient (Wildman–Crippen LogP) is 2.22. The summed E-state index contributed by atoms with van der Waals surface area (Å²) >= 11 is 0. The van der Waals surface area contributed by atoms with E-state index >= 15 is 0 Å². The molecule has 0 aliphatic carbocycles. The minimum absolute atomic E-state index is 0.148. The maximum Gasteiger partial charge on any atom is 0.327 e. The van der Waals surface area contributed by atoms with Gasteiger partial charge in [0, 0.05) is 6.54 Å². The molecule has 1 N–H and O–H groups in total. The summed E-state index contributed by atoms with van der Waals surface area (Å²) < 4.78 is 5.28. The second-order valence-electron chi connectivity index (χ2n) is 4.36. The first kappa shape index (κ1) is 12.1. The molecule has 1 aromatic carbocycles. The van der Waals surface area contributed by atoms with E-state index in [1.54, 1.807) is 0 Å². The monoisotopic (exact) mass is 233 g/mol. The molecule has 1 aliphatic heterocycles. The fourth-order valence-corrected chi connectivity index (χ4v) is 2.12. The Morgan fingerprint density at radius 1 is 1.47 bits per heavy atom. The number of rotatable bonds is 4. The molecule has 0 radical (unpaired) electrons. The van der Waals surface area contributed by atoms with Crippen molar-refractivity contribution < 1.29 is 9.53 Å². The molecule has 0 bridgehead atoms. The van der Waals surface area contributed by atoms with Gasteiger partial charge in [0.2, 0.25) is 0 Å². The predicted molar refractivity (Wildman–Crippen MR) is 66.8 cm³/mol. The van der Waals surface area contributed by atoms with E-state index in [0.717, 1.165) is 31.4 Å². The van der Waals surface area contributed by atoms with Gasteiger partial charge in [0.15, 0.2) is 0 Å². The molecule has 0 amide bonds. The molecule has 0 fully saturated rings. The molecule has 3 nitrogen and oxygen atoms in total. The molecule has 0 saturated carbocycles. The highest BCUT2D eigenvalue weighted by Gasteiger charge is 2.26. The van der Waals surface area contributed by atoms with Crippen LogP contribution in [-0.4, -0.2) is 19.1 Å². The van der Waals surface area contributed by atoms with Crippen molar-refractivity contribution in [3.63, 3.8) is 0 Å². The first-order valence-electron chi connectivity index (χ1n) is 6.30. The number of carbonyl (C=O) groups is 1. The van der Waals surface area contributed by atoms with Gasteiger partial charge in [-0.15, -0.1) is 0 Å². The van der Waals surface area contributed by atoms with Gasteiger partial charge in [-0.05, 0) is 24.0 Å². The number of nitrogens with one attached hydrogen (secondary N) is 1. The van der Waals surface area contributed by atoms with Crippen LogP contribution < -0.4 is 5.32 Å². The van der Waals surface area contributed by atoms with Crippen molar-refractivity contribution in [2.45, 2.75) is 32.2 Å². The normalized spacial score (nSPS) is 18.5. The Bertz CT molecular complexity index is 390. The molecular formula is C14H19NO2. The molecule has 3 heteroatoms. The lowest BCUT2D eigenvalue weighted by molar-refractivity contribution is -0.146. The Balaban J connectivity index is 2.05. The fraction of sp³-hybridized carbons (Fsp3) is 0.500. The summed E-state index contributed by atoms with van der Waals surface area (Å²) in [6.45, 7) is 3.45. The second-order valence-corrected chi connectivity index (χ2v) is 4.36. The zero-order chi connectivity index (χ0) is 12.1. The average Bonchev–Trinajstić information content (AvgIpc) is 2.38. The Morgan fingerprint density at radius 2 is 2.29 bits per heavy atom. The molecule has 92 valence electrons. The molecule has 1 atom stereocenters. The van der Waals surface area contributed by atoms with Crippen molar-refractivity contribution in [2.24, 2.45) is 0 Å². The van der Waals surface area contributed by atoms with Crippen molar-refractivity contribution in [2.75, 3.05) is 13.2 Å². The van der Waals surface area contributed by atoms with Gasteiger partial charge >= 0.3 is 5.97 Å². The largest absolute Gasteiger partial charge is 0.464 e. The van der Waals surface area contributed by atoms with Crippen LogP contribution in [0, 0.1) is 0 Å². The topological polar surface area (TPSA) is 38.3 Å². The summed E-state index contributed by atoms with van der Waals surface area (Å²) in [6, 6.07) is 7.80. The molecule has 0 saturated heterocycles. The van der Waals surface area contributed by atoms with Crippen LogP contribution in [0.3, 0.4) is 0 Å². The van der Waals surface area contributed by atoms with Gasteiger partial charge in [-0.3, -0.25) is 0 Å². The lowest BCUT2D eigenvalue weighted by Gasteiger charge is -2.25. The quantitative estimate of drug-likeness (QED) is 0.640. The van der Waals surface area contributed by atoms with Gasteiger partial charge in [0.05, 0.1) is 6.61 Å². The minimum Gasteiger partial charge on any atom is -0.464 e. The van der Waals surface area contributed by atoms with E-state index in [-0.39, 0.29) is 12.0 Å². The number of carbonyl (C=O) groups excluding carboxylic acids is 1. The number of ether oxygens (including phenoxy) is 1. The lowest BCUT2D eigenvalue weighted by atomic mass is 9.94. The van der Waals surface area contributed by atoms with Crippen molar-refractivity contribution >= 4 is 5.97 Å². The molecule has 0 spiro atoms. The molecule has 1 aromatic rings. The van der Waals surface area contributed by atoms with E-state index in [1.165, 1.54) is 5.56 Å². The van der Waals surface area contributed by atoms with Crippen LogP contribution in [0.2, 0.25) is 0 Å². The zero-order valence-electron chi connectivity index (χ0n) is 10.2. The first-order chi connectivity index (χ1) is 8.33. The van der Waals surface area contributed by atoms with Gasteiger partial charge in [0.25, 0.3) is 0 Å². The number of esters is 1. The van der Waals surface area contributed by atoms with Crippen molar-refractivity contribution in [3.8, 4) is 0 Å². The summed E-state index contributed by atoms with van der Waals surface area (Å²) in [4.78, 5) is 12.0. The zero-order valence-corrected chi connectivity index (χ0v) is 10.2. The van der Waals surface area contributed by atoms with E-state index < -0.39 is 0 Å². The van der Waals surface area contributed by atoms with Crippen LogP contribution in [0.25, 0.3) is 0 Å². The van der Waals surface area contributed by atoms with Crippen molar-refractivity contribution in [1.29, 1.82) is 0 Å². The number of hydrogen-bond donors (Lipinski definition) is 1. The molecule has 17 heavy (non-hydrogen) atoms. The summed E-state index contributed by atoms with van der Waals surface area (Å²) in [5.41, 5.74) is 2.32. The molecule has 1 unspecified atom stereocenters. The Morgan fingerprint density at radius 3 is 3.12 bits per heavy atom. The summed E-state index contributed by atoms with van der Waals surface area (Å²) in [5, 5.41) is 3.23. The Hall–Kier alpha value is -1.35. The third kappa shape index (κ3) is 2.86. The lowest BCUT2D eigenvalue weighted by Crippen LogP contribution is -2.36. The van der Waals surface area contributed by atoms with Crippen LogP contribution >= 0.6 is 0 Å². The molecule has 2 rings (SSSR count). The van der Waals surface area contributed by atoms with Gasteiger partial charge in [-0.25, -0.2) is 4.79 Å². The van der Waals surface area contributed by atoms with E-state index in [2.05, 4.69) is 18.3 Å². The average molecular weight is 233 g/mol. The molecule has 0 aromatic heterocycles. The van der Waals surface area contributed by atoms with E-state index in [9.17, 15) is 4.79 Å². The molecule has 1 heterocycles. The standard InChI is InChI=1S/C14H19NO2/c1-2-3-10-17-14(16)13-12-7-5-4-6-11(12)8-9-15-13/h4-7,13,15H,2-3,8-10H2,1H3. The van der Waals surface area contributed by atoms with E-state index in [0.29, 0.717) is 6.61 Å². The maximum atomic E-state index is 12.0. The van der Waals surface area contributed by atoms with Crippen LogP contribution in [-0.2, 0) is 16.0 Å². The number of hydrogen-bond acceptors (Lipinski definition) is 3. The van der Waals surface area contributed by atoms with Gasteiger partial charge < -0.3 is 10.1 Å². The first-order valence-corrected chi connectivity index (χ1v) is 6.30. The molecule has 1 aliphatic rings. The smallest absolute Gasteiger partial charge is 0.327 e. The summed E-state index contributed by atoms with van der Waals surface area (Å²) in [6.07, 6.45) is 2.96. The highest BCUT2D eigenvalue weighted by atomic mass is 16.5. The van der Waals surface area contributed by atoms with Gasteiger partial charge in [-0.1, -0.05) is 37.6 Å². The number of fused-ring (bicyclic) bond motifs is 1. The SMILES string of the molecule is CCCCOC(=O)C1NCCc2ccccc21. The van der Waals surface area contributed by atoms with Gasteiger partial charge in [-0.2, -0.15) is 0 Å². The van der Waals surface area contributed by atoms with Crippen LogP contribution in [0.1, 0.15) is 36.9 Å². The van der Waals surface area contributed by atoms with Crippen LogP contribution in [0.4, 0.5) is 0 Å². The maximum absolute atomic E-state index is 12.0. The van der Waals surface area contributed by atoms with Crippen LogP contribution in [0.5, 0.6) is 0 Å². The Kier molecular flexibility index (Phi) is 4.15. The van der Waals surface area contributed by atoms with Crippen molar-refractivity contribution in [3.05, 3.63) is 35.4 Å². The Labute approximate surface area is 102 Å². The van der Waals surface area contributed by atoms with Gasteiger partial charge in [0.1, 0.15) is 6.04 Å². The van der Waals surface area contributed by atoms with Crippen molar-refractivity contribution in [1.82, 2.24) is 5.32 Å². The summed E-state index contributed by atoms with van der Waals surface area (Å²) in [5.74, 6) is -0.148. The number of benzene rings is 1. The second kappa shape index (κ2) is 5.82. The summed E-state index contributed by atoms with van der Waals surface area (Å²) in [7, 11) is 0. The third-order valence-corrected chi connectivity index (χ3v) is 3.09. The number of unbranched alkanes of at least 4 members (excludes halogenated alkanes) is 1. The third-order valence-electron chi connectivity index (χ3n) is 3.09. The highest BCUT2D eigenvalue weighted by molar-refractivity contribution is 5.78. The molecular weight excluding hydrogens is 214 g/mol.